The molecule has 0 spiro atoms. The molecule has 1 aliphatic carbocycles. The van der Waals surface area contributed by atoms with Crippen LogP contribution in [0.15, 0.2) is 35.4 Å². The normalized spacial score (nSPS) is 16.0. The zero-order valence-corrected chi connectivity index (χ0v) is 14.9. The van der Waals surface area contributed by atoms with Crippen LogP contribution in [0.5, 0.6) is 0 Å². The smallest absolute Gasteiger partial charge is 0.260 e. The van der Waals surface area contributed by atoms with Crippen LogP contribution in [0.25, 0.3) is 0 Å². The van der Waals surface area contributed by atoms with Crippen LogP contribution < -0.4 is 9.73 Å². The summed E-state index contributed by atoms with van der Waals surface area (Å²) in [6, 6.07) is 8.59. The molecule has 1 aliphatic rings. The van der Waals surface area contributed by atoms with E-state index in [-0.39, 0.29) is 6.54 Å². The van der Waals surface area contributed by atoms with Gasteiger partial charge in [-0.05, 0) is 37.8 Å². The van der Waals surface area contributed by atoms with Crippen molar-refractivity contribution >= 4 is 27.3 Å². The number of nitrogens with zero attached hydrogens (tertiary/aromatic N) is 2. The average molecular weight is 351 g/mol. The molecule has 2 rings (SSSR count). The third-order valence-electron chi connectivity index (χ3n) is 4.00. The molecule has 24 heavy (non-hydrogen) atoms. The summed E-state index contributed by atoms with van der Waals surface area (Å²) in [6.45, 7) is -0.278. The van der Waals surface area contributed by atoms with Gasteiger partial charge in [-0.25, -0.2) is 13.8 Å². The van der Waals surface area contributed by atoms with Crippen molar-refractivity contribution in [2.24, 2.45) is 5.10 Å². The predicted octanol–water partition coefficient (Wildman–Crippen LogP) is 2.67. The van der Waals surface area contributed by atoms with E-state index in [2.05, 4.69) is 10.5 Å². The molecular formula is C17H25N3O3S. The molecular weight excluding hydrogens is 326 g/mol. The summed E-state index contributed by atoms with van der Waals surface area (Å²) in [5, 5.41) is 4.21. The Balaban J connectivity index is 2.00. The lowest BCUT2D eigenvalue weighted by Crippen LogP contribution is -2.39. The molecule has 0 heterocycles. The van der Waals surface area contributed by atoms with E-state index in [1.54, 1.807) is 30.3 Å². The second-order valence-corrected chi connectivity index (χ2v) is 7.99. The molecule has 0 unspecified atom stereocenters. The summed E-state index contributed by atoms with van der Waals surface area (Å²) in [5.74, 6) is -0.432. The summed E-state index contributed by atoms with van der Waals surface area (Å²) < 4.78 is 25.0. The molecule has 1 amide bonds. The molecule has 1 aromatic carbocycles. The first kappa shape index (κ1) is 18.4. The summed E-state index contributed by atoms with van der Waals surface area (Å²) in [7, 11) is -3.54. The number of carbonyl (C=O) groups excluding carboxylic acids is 1. The Bertz CT molecular complexity index is 662. The zero-order valence-electron chi connectivity index (χ0n) is 14.1. The summed E-state index contributed by atoms with van der Waals surface area (Å²) in [5.41, 5.74) is 3.98. The zero-order chi connectivity index (χ0) is 17.4. The third-order valence-corrected chi connectivity index (χ3v) is 5.14. The number of hydrogen-bond acceptors (Lipinski definition) is 4. The van der Waals surface area contributed by atoms with Crippen molar-refractivity contribution in [3.63, 3.8) is 0 Å². The Morgan fingerprint density at radius 3 is 2.25 bits per heavy atom. The number of para-hydroxylation sites is 1. The second-order valence-electron chi connectivity index (χ2n) is 6.09. The number of amides is 1. The number of benzene rings is 1. The van der Waals surface area contributed by atoms with Gasteiger partial charge in [-0.15, -0.1) is 0 Å². The van der Waals surface area contributed by atoms with E-state index in [0.29, 0.717) is 5.69 Å². The third kappa shape index (κ3) is 5.96. The van der Waals surface area contributed by atoms with E-state index < -0.39 is 15.9 Å². The summed E-state index contributed by atoms with van der Waals surface area (Å²) >= 11 is 0. The van der Waals surface area contributed by atoms with Crippen LogP contribution in [-0.2, 0) is 14.8 Å². The van der Waals surface area contributed by atoms with E-state index in [4.69, 9.17) is 0 Å². The lowest BCUT2D eigenvalue weighted by molar-refractivity contribution is -0.119. The van der Waals surface area contributed by atoms with Crippen LogP contribution in [-0.4, -0.2) is 32.8 Å². The largest absolute Gasteiger partial charge is 0.271 e. The quantitative estimate of drug-likeness (QED) is 0.828. The highest BCUT2D eigenvalue weighted by molar-refractivity contribution is 7.92. The Hall–Kier alpha value is -1.89. The van der Waals surface area contributed by atoms with E-state index in [1.165, 1.54) is 19.3 Å². The molecule has 132 valence electrons. The maximum absolute atomic E-state index is 12.1. The van der Waals surface area contributed by atoms with Crippen LogP contribution in [0, 0.1) is 0 Å². The molecule has 6 nitrogen and oxygen atoms in total. The molecule has 1 saturated carbocycles. The lowest BCUT2D eigenvalue weighted by Gasteiger charge is -2.21. The maximum Gasteiger partial charge on any atom is 0.260 e. The van der Waals surface area contributed by atoms with E-state index in [0.717, 1.165) is 42.0 Å². The Morgan fingerprint density at radius 2 is 1.67 bits per heavy atom. The van der Waals surface area contributed by atoms with Gasteiger partial charge >= 0.3 is 0 Å². The minimum Gasteiger partial charge on any atom is -0.271 e. The Morgan fingerprint density at radius 1 is 1.08 bits per heavy atom. The number of nitrogens with one attached hydrogen (secondary N) is 1. The topological polar surface area (TPSA) is 78.8 Å². The molecule has 0 radical (unpaired) electrons. The molecule has 0 aromatic heterocycles. The summed E-state index contributed by atoms with van der Waals surface area (Å²) in [6.07, 6.45) is 8.73. The molecule has 7 heteroatoms. The summed E-state index contributed by atoms with van der Waals surface area (Å²) in [4.78, 5) is 12.1. The van der Waals surface area contributed by atoms with Gasteiger partial charge in [-0.3, -0.25) is 9.10 Å². The number of sulfonamides is 1. The molecule has 0 aliphatic heterocycles. The number of carbonyl (C=O) groups is 1. The van der Waals surface area contributed by atoms with Gasteiger partial charge in [0.15, 0.2) is 0 Å². The van der Waals surface area contributed by atoms with Crippen molar-refractivity contribution in [3.8, 4) is 0 Å². The van der Waals surface area contributed by atoms with Crippen LogP contribution in [0.4, 0.5) is 5.69 Å². The van der Waals surface area contributed by atoms with Gasteiger partial charge in [0, 0.05) is 5.71 Å². The first-order chi connectivity index (χ1) is 11.5. The number of rotatable bonds is 5. The lowest BCUT2D eigenvalue weighted by atomic mass is 9.99. The molecule has 1 N–H and O–H groups in total. The first-order valence-corrected chi connectivity index (χ1v) is 10.2. The second kappa shape index (κ2) is 8.82. The van der Waals surface area contributed by atoms with Gasteiger partial charge in [0.1, 0.15) is 6.54 Å². The average Bonchev–Trinajstić information content (AvgIpc) is 2.51. The highest BCUT2D eigenvalue weighted by Gasteiger charge is 2.20. The first-order valence-electron chi connectivity index (χ1n) is 8.34. The van der Waals surface area contributed by atoms with Crippen LogP contribution in [0.1, 0.15) is 44.9 Å². The minimum absolute atomic E-state index is 0.278. The fourth-order valence-corrected chi connectivity index (χ4v) is 3.58. The SMILES string of the molecule is CS(=O)(=O)N(CC(=O)NN=C1CCCCCCC1)c1ccccc1. The highest BCUT2D eigenvalue weighted by Crippen LogP contribution is 2.16. The van der Waals surface area contributed by atoms with Crippen LogP contribution in [0.2, 0.25) is 0 Å². The van der Waals surface area contributed by atoms with Crippen molar-refractivity contribution in [2.75, 3.05) is 17.1 Å². The van der Waals surface area contributed by atoms with Crippen molar-refractivity contribution in [1.29, 1.82) is 0 Å². The van der Waals surface area contributed by atoms with Gasteiger partial charge in [0.2, 0.25) is 10.0 Å². The maximum atomic E-state index is 12.1. The fourth-order valence-electron chi connectivity index (χ4n) is 2.73. The van der Waals surface area contributed by atoms with Crippen molar-refractivity contribution in [2.45, 2.75) is 44.9 Å². The standard InChI is InChI=1S/C17H25N3O3S/c1-24(22,23)20(16-12-8-5-9-13-16)14-17(21)19-18-15-10-6-3-2-4-7-11-15/h5,8-9,12-13H,2-4,6-7,10-11,14H2,1H3,(H,19,21). The van der Waals surface area contributed by atoms with Crippen LogP contribution >= 0.6 is 0 Å². The van der Waals surface area contributed by atoms with Crippen molar-refractivity contribution in [1.82, 2.24) is 5.43 Å². The van der Waals surface area contributed by atoms with E-state index in [9.17, 15) is 13.2 Å². The van der Waals surface area contributed by atoms with Crippen molar-refractivity contribution < 1.29 is 13.2 Å². The van der Waals surface area contributed by atoms with Crippen molar-refractivity contribution in [3.05, 3.63) is 30.3 Å². The molecule has 1 fully saturated rings. The number of anilines is 1. The van der Waals surface area contributed by atoms with Gasteiger partial charge < -0.3 is 0 Å². The van der Waals surface area contributed by atoms with Gasteiger partial charge in [0.25, 0.3) is 5.91 Å². The van der Waals surface area contributed by atoms with Gasteiger partial charge in [0.05, 0.1) is 11.9 Å². The number of hydrazone groups is 1. The highest BCUT2D eigenvalue weighted by atomic mass is 32.2. The van der Waals surface area contributed by atoms with E-state index >= 15 is 0 Å². The monoisotopic (exact) mass is 351 g/mol. The Kier molecular flexibility index (Phi) is 6.78. The molecule has 1 aromatic rings. The molecule has 0 saturated heterocycles. The molecule has 0 bridgehead atoms. The molecule has 0 atom stereocenters. The van der Waals surface area contributed by atoms with Gasteiger partial charge in [-0.2, -0.15) is 5.10 Å². The predicted molar refractivity (Wildman–Crippen MR) is 96.5 cm³/mol. The van der Waals surface area contributed by atoms with E-state index in [1.807, 2.05) is 0 Å². The van der Waals surface area contributed by atoms with Crippen LogP contribution in [0.3, 0.4) is 0 Å². The minimum atomic E-state index is -3.54. The van der Waals surface area contributed by atoms with Gasteiger partial charge in [-0.1, -0.05) is 37.5 Å². The fraction of sp³-hybridized carbons (Fsp3) is 0.529. The Labute approximate surface area is 144 Å². The number of hydrogen-bond donors (Lipinski definition) is 1.